The Kier molecular flexibility index (Phi) is 9.08. The molecule has 7 nitrogen and oxygen atoms in total. The van der Waals surface area contributed by atoms with Crippen LogP contribution in [0.3, 0.4) is 0 Å². The van der Waals surface area contributed by atoms with Gasteiger partial charge in [0.1, 0.15) is 28.6 Å². The number of aromatic hydroxyl groups is 1. The smallest absolute Gasteiger partial charge is 0.175 e. The van der Waals surface area contributed by atoms with Gasteiger partial charge < -0.3 is 19.5 Å². The lowest BCUT2D eigenvalue weighted by Gasteiger charge is -2.45. The van der Waals surface area contributed by atoms with Gasteiger partial charge in [0, 0.05) is 36.1 Å². The number of benzene rings is 1. The zero-order valence-electron chi connectivity index (χ0n) is 26.3. The van der Waals surface area contributed by atoms with E-state index in [1.165, 1.54) is 19.3 Å². The predicted molar refractivity (Wildman–Crippen MR) is 160 cm³/mol. The normalized spacial score (nSPS) is 22.0. The van der Waals surface area contributed by atoms with E-state index >= 15 is 0 Å². The monoisotopic (exact) mass is 567 g/mol. The van der Waals surface area contributed by atoms with Crippen molar-refractivity contribution in [1.82, 2.24) is 4.90 Å². The van der Waals surface area contributed by atoms with Crippen LogP contribution in [0.2, 0.25) is 0 Å². The number of allylic oxidation sites excluding steroid dienone is 2. The molecule has 226 valence electrons. The third-order valence-electron chi connectivity index (χ3n) is 8.84. The second-order valence-electron chi connectivity index (χ2n) is 14.1. The molecule has 3 aliphatic rings. The summed E-state index contributed by atoms with van der Waals surface area (Å²) < 4.78 is 12.6. The summed E-state index contributed by atoms with van der Waals surface area (Å²) in [4.78, 5) is 43.4. The number of ether oxygens (including phenoxy) is 2. The Morgan fingerprint density at radius 3 is 2.32 bits per heavy atom. The summed E-state index contributed by atoms with van der Waals surface area (Å²) >= 11 is 0. The minimum atomic E-state index is -1.22. The molecule has 0 saturated carbocycles. The minimum absolute atomic E-state index is 0.0921. The lowest BCUT2D eigenvalue weighted by molar-refractivity contribution is -0.144. The largest absolute Gasteiger partial charge is 0.507 e. The van der Waals surface area contributed by atoms with E-state index in [-0.39, 0.29) is 46.9 Å². The van der Waals surface area contributed by atoms with Gasteiger partial charge in [0.2, 0.25) is 0 Å². The van der Waals surface area contributed by atoms with Crippen LogP contribution in [0.25, 0.3) is 0 Å². The molecule has 0 radical (unpaired) electrons. The fourth-order valence-corrected chi connectivity index (χ4v) is 6.79. The number of rotatable bonds is 10. The Balaban J connectivity index is 1.79. The van der Waals surface area contributed by atoms with Gasteiger partial charge in [-0.3, -0.25) is 14.4 Å². The zero-order chi connectivity index (χ0) is 30.3. The van der Waals surface area contributed by atoms with Crippen LogP contribution in [0.15, 0.2) is 17.4 Å². The van der Waals surface area contributed by atoms with Crippen molar-refractivity contribution < 1.29 is 29.0 Å². The molecule has 1 saturated heterocycles. The molecule has 2 aliphatic heterocycles. The molecule has 1 N–H and O–H groups in total. The Morgan fingerprint density at radius 1 is 1.05 bits per heavy atom. The SMILES string of the molecule is CC(C)CC(=O)c1c(OCCCN2CCCCC2)cc2c(c1O)C(CC(C)C)C1=C(O2)C(C)(C)C(=O)C(C)(C)C1=O. The number of nitrogens with zero attached hydrogens (tertiary/aromatic N) is 1. The maximum Gasteiger partial charge on any atom is 0.175 e. The highest BCUT2D eigenvalue weighted by Gasteiger charge is 2.57. The summed E-state index contributed by atoms with van der Waals surface area (Å²) in [7, 11) is 0. The lowest BCUT2D eigenvalue weighted by atomic mass is 9.59. The van der Waals surface area contributed by atoms with Crippen LogP contribution >= 0.6 is 0 Å². The first-order chi connectivity index (χ1) is 19.2. The van der Waals surface area contributed by atoms with Gasteiger partial charge in [-0.05, 0) is 78.3 Å². The maximum absolute atomic E-state index is 13.9. The van der Waals surface area contributed by atoms with Crippen LogP contribution in [0.5, 0.6) is 17.2 Å². The molecule has 7 heteroatoms. The molecule has 4 rings (SSSR count). The summed E-state index contributed by atoms with van der Waals surface area (Å²) in [5.41, 5.74) is -1.21. The van der Waals surface area contributed by atoms with E-state index in [0.29, 0.717) is 41.4 Å². The number of likely N-dealkylation sites (tertiary alicyclic amines) is 1. The van der Waals surface area contributed by atoms with E-state index in [1.54, 1.807) is 33.8 Å². The second kappa shape index (κ2) is 11.9. The number of piperidine rings is 1. The molecular formula is C34H49NO6. The van der Waals surface area contributed by atoms with E-state index in [2.05, 4.69) is 18.7 Å². The topological polar surface area (TPSA) is 93.1 Å². The predicted octanol–water partition coefficient (Wildman–Crippen LogP) is 6.86. The first-order valence-electron chi connectivity index (χ1n) is 15.5. The first-order valence-corrected chi connectivity index (χ1v) is 15.5. The van der Waals surface area contributed by atoms with Crippen molar-refractivity contribution in [3.63, 3.8) is 0 Å². The Hall–Kier alpha value is -2.67. The van der Waals surface area contributed by atoms with Gasteiger partial charge >= 0.3 is 0 Å². The lowest BCUT2D eigenvalue weighted by Crippen LogP contribution is -2.51. The van der Waals surface area contributed by atoms with Crippen LogP contribution in [0.1, 0.15) is 116 Å². The van der Waals surface area contributed by atoms with Gasteiger partial charge in [0.15, 0.2) is 17.3 Å². The number of hydrogen-bond donors (Lipinski definition) is 1. The molecule has 2 heterocycles. The van der Waals surface area contributed by atoms with Crippen molar-refractivity contribution in [2.75, 3.05) is 26.2 Å². The highest BCUT2D eigenvalue weighted by Crippen LogP contribution is 2.57. The number of fused-ring (bicyclic) bond motifs is 1. The van der Waals surface area contributed by atoms with Crippen LogP contribution in [-0.4, -0.2) is 53.6 Å². The number of phenolic OH excluding ortho intramolecular Hbond substituents is 1. The molecule has 1 aliphatic carbocycles. The number of carbonyl (C=O) groups is 3. The highest BCUT2D eigenvalue weighted by atomic mass is 16.5. The number of Topliss-reactive ketones (excluding diaryl/α,β-unsaturated/α-hetero) is 3. The molecule has 1 aromatic carbocycles. The molecule has 0 bridgehead atoms. The summed E-state index contributed by atoms with van der Waals surface area (Å²) in [5.74, 6) is -0.0730. The maximum atomic E-state index is 13.9. The van der Waals surface area contributed by atoms with Gasteiger partial charge in [-0.2, -0.15) is 0 Å². The Labute approximate surface area is 245 Å². The summed E-state index contributed by atoms with van der Waals surface area (Å²) in [6, 6.07) is 1.70. The van der Waals surface area contributed by atoms with E-state index in [9.17, 15) is 19.5 Å². The van der Waals surface area contributed by atoms with E-state index < -0.39 is 16.7 Å². The zero-order valence-corrected chi connectivity index (χ0v) is 26.3. The van der Waals surface area contributed by atoms with Crippen LogP contribution in [0, 0.1) is 22.7 Å². The minimum Gasteiger partial charge on any atom is -0.507 e. The number of phenols is 1. The Morgan fingerprint density at radius 2 is 1.71 bits per heavy atom. The molecule has 0 spiro atoms. The van der Waals surface area contributed by atoms with E-state index in [1.807, 2.05) is 13.8 Å². The van der Waals surface area contributed by atoms with Crippen molar-refractivity contribution in [3.05, 3.63) is 28.5 Å². The highest BCUT2D eigenvalue weighted by molar-refractivity contribution is 6.20. The van der Waals surface area contributed by atoms with Crippen LogP contribution in [-0.2, 0) is 9.59 Å². The van der Waals surface area contributed by atoms with Crippen LogP contribution < -0.4 is 9.47 Å². The molecule has 1 fully saturated rings. The van der Waals surface area contributed by atoms with Gasteiger partial charge in [-0.15, -0.1) is 0 Å². The molecule has 1 aromatic rings. The third kappa shape index (κ3) is 5.97. The summed E-state index contributed by atoms with van der Waals surface area (Å²) in [6.07, 6.45) is 5.34. The van der Waals surface area contributed by atoms with Crippen molar-refractivity contribution in [1.29, 1.82) is 0 Å². The molecular weight excluding hydrogens is 518 g/mol. The fourth-order valence-electron chi connectivity index (χ4n) is 6.79. The van der Waals surface area contributed by atoms with Crippen molar-refractivity contribution in [2.45, 2.75) is 99.8 Å². The average Bonchev–Trinajstić information content (AvgIpc) is 2.89. The van der Waals surface area contributed by atoms with Gasteiger partial charge in [0.25, 0.3) is 0 Å². The standard InChI is InChI=1S/C34H49NO6/c1-20(2)17-22-26-25(41-31-27(22)30(38)33(5,6)32(39)34(31,7)8)19-24(28(29(26)37)23(36)18-21(3)4)40-16-12-15-35-13-10-9-11-14-35/h19-22,37H,9-18H2,1-8H3. The molecule has 0 aromatic heterocycles. The van der Waals surface area contributed by atoms with E-state index in [4.69, 9.17) is 9.47 Å². The number of hydrogen-bond acceptors (Lipinski definition) is 7. The molecule has 41 heavy (non-hydrogen) atoms. The average molecular weight is 568 g/mol. The third-order valence-corrected chi connectivity index (χ3v) is 8.84. The van der Waals surface area contributed by atoms with Crippen molar-refractivity contribution in [3.8, 4) is 17.2 Å². The molecule has 0 amide bonds. The Bertz CT molecular complexity index is 1230. The number of carbonyl (C=O) groups excluding carboxylic acids is 3. The quantitative estimate of drug-likeness (QED) is 0.188. The van der Waals surface area contributed by atoms with E-state index in [0.717, 1.165) is 26.1 Å². The fraction of sp³-hybridized carbons (Fsp3) is 0.676. The van der Waals surface area contributed by atoms with Crippen molar-refractivity contribution in [2.24, 2.45) is 22.7 Å². The first kappa shape index (κ1) is 31.3. The van der Waals surface area contributed by atoms with Gasteiger partial charge in [-0.25, -0.2) is 0 Å². The van der Waals surface area contributed by atoms with Crippen molar-refractivity contribution >= 4 is 17.3 Å². The second-order valence-corrected chi connectivity index (χ2v) is 14.1. The number of ketones is 3. The molecule has 1 atom stereocenters. The summed E-state index contributed by atoms with van der Waals surface area (Å²) in [6.45, 7) is 18.5. The van der Waals surface area contributed by atoms with Crippen LogP contribution in [0.4, 0.5) is 0 Å². The summed E-state index contributed by atoms with van der Waals surface area (Å²) in [5, 5.41) is 11.8. The molecule has 1 unspecified atom stereocenters. The van der Waals surface area contributed by atoms with Gasteiger partial charge in [0.05, 0.1) is 17.4 Å². The van der Waals surface area contributed by atoms with Gasteiger partial charge in [-0.1, -0.05) is 34.1 Å².